The average Bonchev–Trinajstić information content (AvgIpc) is 2.62. The summed E-state index contributed by atoms with van der Waals surface area (Å²) in [7, 11) is 0. The molecule has 0 saturated carbocycles. The summed E-state index contributed by atoms with van der Waals surface area (Å²) in [6.07, 6.45) is 4.02. The summed E-state index contributed by atoms with van der Waals surface area (Å²) in [6.45, 7) is 1.06. The van der Waals surface area contributed by atoms with Crippen molar-refractivity contribution in [2.75, 3.05) is 6.54 Å². The Morgan fingerprint density at radius 2 is 2.31 bits per heavy atom. The minimum Gasteiger partial charge on any atom is -0.310 e. The summed E-state index contributed by atoms with van der Waals surface area (Å²) < 4.78 is 0. The minimum atomic E-state index is 0.355. The lowest BCUT2D eigenvalue weighted by Gasteiger charge is -2.12. The van der Waals surface area contributed by atoms with E-state index in [1.807, 2.05) is 6.07 Å². The van der Waals surface area contributed by atoms with E-state index >= 15 is 0 Å². The van der Waals surface area contributed by atoms with Crippen LogP contribution in [0.25, 0.3) is 0 Å². The lowest BCUT2D eigenvalue weighted by atomic mass is 10.1. The van der Waals surface area contributed by atoms with Crippen LogP contribution in [-0.2, 0) is 0 Å². The first-order valence-electron chi connectivity index (χ1n) is 4.32. The van der Waals surface area contributed by atoms with E-state index in [9.17, 15) is 0 Å². The van der Waals surface area contributed by atoms with Crippen LogP contribution in [0, 0.1) is 0 Å². The van der Waals surface area contributed by atoms with Crippen molar-refractivity contribution in [2.45, 2.75) is 18.9 Å². The third-order valence-corrected chi connectivity index (χ3v) is 3.09. The standard InChI is InChI=1S/C9H10Cl2N2/c10-8-6(3-5-13-9(8)11)7-2-1-4-12-7/h3,5,7,12H,1-2,4H2/t7-/m1/s1. The fourth-order valence-corrected chi connectivity index (χ4v) is 2.06. The zero-order chi connectivity index (χ0) is 9.26. The molecular formula is C9H10Cl2N2. The third-order valence-electron chi connectivity index (χ3n) is 2.31. The van der Waals surface area contributed by atoms with Crippen LogP contribution in [0.3, 0.4) is 0 Å². The number of hydrogen-bond donors (Lipinski definition) is 1. The Bertz CT molecular complexity index is 308. The molecule has 0 aromatic carbocycles. The average molecular weight is 217 g/mol. The maximum absolute atomic E-state index is 6.04. The molecule has 0 amide bonds. The van der Waals surface area contributed by atoms with Crippen molar-refractivity contribution in [2.24, 2.45) is 0 Å². The summed E-state index contributed by atoms with van der Waals surface area (Å²) >= 11 is 11.9. The fraction of sp³-hybridized carbons (Fsp3) is 0.444. The number of rotatable bonds is 1. The number of aromatic nitrogens is 1. The molecule has 1 atom stereocenters. The summed E-state index contributed by atoms with van der Waals surface area (Å²) in [5.74, 6) is 0. The fourth-order valence-electron chi connectivity index (χ4n) is 1.65. The Morgan fingerprint density at radius 1 is 1.46 bits per heavy atom. The number of pyridine rings is 1. The molecule has 1 saturated heterocycles. The molecule has 4 heteroatoms. The molecule has 2 rings (SSSR count). The Balaban J connectivity index is 2.33. The molecule has 1 fully saturated rings. The highest BCUT2D eigenvalue weighted by molar-refractivity contribution is 6.41. The molecular weight excluding hydrogens is 207 g/mol. The van der Waals surface area contributed by atoms with Crippen LogP contribution in [0.2, 0.25) is 10.2 Å². The Kier molecular flexibility index (Phi) is 2.72. The molecule has 13 heavy (non-hydrogen) atoms. The van der Waals surface area contributed by atoms with Gasteiger partial charge in [-0.1, -0.05) is 23.2 Å². The van der Waals surface area contributed by atoms with E-state index in [4.69, 9.17) is 23.2 Å². The molecule has 0 bridgehead atoms. The molecule has 0 spiro atoms. The number of hydrogen-bond acceptors (Lipinski definition) is 2. The highest BCUT2D eigenvalue weighted by Crippen LogP contribution is 2.32. The predicted molar refractivity (Wildman–Crippen MR) is 54.2 cm³/mol. The maximum Gasteiger partial charge on any atom is 0.147 e. The molecule has 2 nitrogen and oxygen atoms in total. The van der Waals surface area contributed by atoms with Crippen LogP contribution < -0.4 is 5.32 Å². The van der Waals surface area contributed by atoms with Gasteiger partial charge in [-0.2, -0.15) is 0 Å². The first kappa shape index (κ1) is 9.25. The van der Waals surface area contributed by atoms with Gasteiger partial charge >= 0.3 is 0 Å². The van der Waals surface area contributed by atoms with Crippen LogP contribution in [-0.4, -0.2) is 11.5 Å². The van der Waals surface area contributed by atoms with Crippen LogP contribution in [0.15, 0.2) is 12.3 Å². The summed E-state index contributed by atoms with van der Waals surface area (Å²) in [5.41, 5.74) is 1.07. The number of nitrogens with one attached hydrogen (secondary N) is 1. The van der Waals surface area contributed by atoms with Crippen molar-refractivity contribution in [1.82, 2.24) is 10.3 Å². The van der Waals surface area contributed by atoms with Crippen LogP contribution in [0.5, 0.6) is 0 Å². The van der Waals surface area contributed by atoms with Gasteiger partial charge in [0, 0.05) is 12.2 Å². The lowest BCUT2D eigenvalue weighted by molar-refractivity contribution is 0.647. The van der Waals surface area contributed by atoms with E-state index in [2.05, 4.69) is 10.3 Å². The Morgan fingerprint density at radius 3 is 3.00 bits per heavy atom. The molecule has 2 heterocycles. The second-order valence-electron chi connectivity index (χ2n) is 3.15. The van der Waals surface area contributed by atoms with E-state index in [0.29, 0.717) is 16.2 Å². The van der Waals surface area contributed by atoms with E-state index in [1.165, 1.54) is 6.42 Å². The van der Waals surface area contributed by atoms with Gasteiger partial charge in [0.05, 0.1) is 5.02 Å². The van der Waals surface area contributed by atoms with Gasteiger partial charge in [-0.15, -0.1) is 0 Å². The number of nitrogens with zero attached hydrogens (tertiary/aromatic N) is 1. The first-order valence-corrected chi connectivity index (χ1v) is 5.08. The number of halogens is 2. The van der Waals surface area contributed by atoms with E-state index in [-0.39, 0.29) is 0 Å². The van der Waals surface area contributed by atoms with Crippen LogP contribution in [0.1, 0.15) is 24.4 Å². The highest BCUT2D eigenvalue weighted by Gasteiger charge is 2.19. The van der Waals surface area contributed by atoms with Gasteiger partial charge in [-0.3, -0.25) is 0 Å². The van der Waals surface area contributed by atoms with Crippen molar-refractivity contribution in [3.63, 3.8) is 0 Å². The molecule has 1 aromatic heterocycles. The smallest absolute Gasteiger partial charge is 0.147 e. The zero-order valence-corrected chi connectivity index (χ0v) is 8.57. The second kappa shape index (κ2) is 3.82. The molecule has 1 aliphatic heterocycles. The van der Waals surface area contributed by atoms with Crippen molar-refractivity contribution < 1.29 is 0 Å². The maximum atomic E-state index is 6.04. The topological polar surface area (TPSA) is 24.9 Å². The predicted octanol–water partition coefficient (Wildman–Crippen LogP) is 2.81. The summed E-state index contributed by atoms with van der Waals surface area (Å²) in [6, 6.07) is 2.28. The lowest BCUT2D eigenvalue weighted by Crippen LogP contribution is -2.13. The zero-order valence-electron chi connectivity index (χ0n) is 7.06. The van der Waals surface area contributed by atoms with Gasteiger partial charge in [0.2, 0.25) is 0 Å². The van der Waals surface area contributed by atoms with E-state index < -0.39 is 0 Å². The van der Waals surface area contributed by atoms with E-state index in [1.54, 1.807) is 6.20 Å². The largest absolute Gasteiger partial charge is 0.310 e. The van der Waals surface area contributed by atoms with Crippen molar-refractivity contribution in [3.05, 3.63) is 28.0 Å². The second-order valence-corrected chi connectivity index (χ2v) is 3.89. The SMILES string of the molecule is Clc1nccc([C@H]2CCCN2)c1Cl. The van der Waals surface area contributed by atoms with E-state index in [0.717, 1.165) is 18.5 Å². The summed E-state index contributed by atoms with van der Waals surface area (Å²) in [5, 5.41) is 4.35. The van der Waals surface area contributed by atoms with Gasteiger partial charge < -0.3 is 5.32 Å². The van der Waals surface area contributed by atoms with Crippen molar-refractivity contribution in [3.8, 4) is 0 Å². The Hall–Kier alpha value is -0.310. The van der Waals surface area contributed by atoms with Gasteiger partial charge in [0.1, 0.15) is 5.15 Å². The van der Waals surface area contributed by atoms with Gasteiger partial charge in [0.25, 0.3) is 0 Å². The molecule has 0 unspecified atom stereocenters. The van der Waals surface area contributed by atoms with Crippen LogP contribution >= 0.6 is 23.2 Å². The molecule has 1 aliphatic rings. The van der Waals surface area contributed by atoms with Crippen molar-refractivity contribution >= 4 is 23.2 Å². The molecule has 70 valence electrons. The highest BCUT2D eigenvalue weighted by atomic mass is 35.5. The third kappa shape index (κ3) is 1.80. The molecule has 1 aromatic rings. The minimum absolute atomic E-state index is 0.355. The monoisotopic (exact) mass is 216 g/mol. The van der Waals surface area contributed by atoms with Crippen molar-refractivity contribution in [1.29, 1.82) is 0 Å². The van der Waals surface area contributed by atoms with Crippen LogP contribution in [0.4, 0.5) is 0 Å². The normalized spacial score (nSPS) is 22.2. The quantitative estimate of drug-likeness (QED) is 0.731. The van der Waals surface area contributed by atoms with Gasteiger partial charge in [-0.05, 0) is 31.0 Å². The van der Waals surface area contributed by atoms with Gasteiger partial charge in [-0.25, -0.2) is 4.98 Å². The van der Waals surface area contributed by atoms with Gasteiger partial charge in [0.15, 0.2) is 0 Å². The molecule has 1 N–H and O–H groups in total. The molecule has 0 aliphatic carbocycles. The first-order chi connectivity index (χ1) is 6.29. The summed E-state index contributed by atoms with van der Waals surface area (Å²) in [4.78, 5) is 3.92. The Labute approximate surface area is 87.3 Å². The molecule has 0 radical (unpaired) electrons.